The zero-order valence-electron chi connectivity index (χ0n) is 13.9. The Morgan fingerprint density at radius 3 is 2.96 bits per heavy atom. The quantitative estimate of drug-likeness (QED) is 0.839. The van der Waals surface area contributed by atoms with Crippen molar-refractivity contribution in [1.29, 1.82) is 0 Å². The molecule has 24 heavy (non-hydrogen) atoms. The molecule has 2 aromatic heterocycles. The van der Waals surface area contributed by atoms with E-state index < -0.39 is 0 Å². The van der Waals surface area contributed by atoms with E-state index in [1.165, 1.54) is 0 Å². The van der Waals surface area contributed by atoms with Crippen molar-refractivity contribution in [1.82, 2.24) is 34.6 Å². The van der Waals surface area contributed by atoms with Gasteiger partial charge in [0, 0.05) is 57.0 Å². The third-order valence-corrected chi connectivity index (χ3v) is 4.29. The number of hydrogen-bond acceptors (Lipinski definition) is 5. The van der Waals surface area contributed by atoms with Crippen LogP contribution in [-0.2, 0) is 13.1 Å². The number of aromatic nitrogens is 4. The van der Waals surface area contributed by atoms with Gasteiger partial charge in [0.2, 0.25) is 0 Å². The van der Waals surface area contributed by atoms with Crippen molar-refractivity contribution in [2.75, 3.05) is 26.7 Å². The van der Waals surface area contributed by atoms with Gasteiger partial charge in [-0.1, -0.05) is 0 Å². The third-order valence-electron chi connectivity index (χ3n) is 4.29. The number of nitrogens with one attached hydrogen (secondary N) is 1. The van der Waals surface area contributed by atoms with E-state index in [1.807, 2.05) is 21.7 Å². The maximum Gasteiger partial charge on any atom is 0.317 e. The molecule has 3 heterocycles. The fourth-order valence-corrected chi connectivity index (χ4v) is 2.87. The number of carbonyl (C=O) groups excluding carboxylic acids is 1. The molecule has 0 spiro atoms. The van der Waals surface area contributed by atoms with Crippen LogP contribution in [-0.4, -0.2) is 68.1 Å². The largest absolute Gasteiger partial charge is 0.336 e. The van der Waals surface area contributed by atoms with E-state index in [4.69, 9.17) is 0 Å². The molecule has 1 atom stereocenters. The maximum absolute atomic E-state index is 12.2. The van der Waals surface area contributed by atoms with Crippen LogP contribution in [0.1, 0.15) is 12.2 Å². The second-order valence-corrected chi connectivity index (χ2v) is 6.00. The van der Waals surface area contributed by atoms with Gasteiger partial charge >= 0.3 is 6.03 Å². The molecule has 0 radical (unpaired) electrons. The molecule has 3 rings (SSSR count). The Morgan fingerprint density at radius 2 is 2.21 bits per heavy atom. The number of likely N-dealkylation sites (tertiary alicyclic amines) is 1. The van der Waals surface area contributed by atoms with Crippen LogP contribution in [0.3, 0.4) is 0 Å². The molecule has 8 heteroatoms. The monoisotopic (exact) mass is 329 g/mol. The molecule has 0 aliphatic carbocycles. The van der Waals surface area contributed by atoms with Crippen molar-refractivity contribution in [3.05, 3.63) is 43.0 Å². The average molecular weight is 329 g/mol. The molecule has 0 aromatic carbocycles. The summed E-state index contributed by atoms with van der Waals surface area (Å²) in [7, 11) is 2.06. The number of amides is 2. The molecule has 2 aromatic rings. The van der Waals surface area contributed by atoms with Gasteiger partial charge in [-0.15, -0.1) is 0 Å². The number of urea groups is 1. The molecular weight excluding hydrogens is 306 g/mol. The van der Waals surface area contributed by atoms with Gasteiger partial charge in [0.05, 0.1) is 12.9 Å². The van der Waals surface area contributed by atoms with Crippen molar-refractivity contribution in [3.63, 3.8) is 0 Å². The van der Waals surface area contributed by atoms with Crippen molar-refractivity contribution < 1.29 is 4.79 Å². The summed E-state index contributed by atoms with van der Waals surface area (Å²) in [6.45, 7) is 3.54. The summed E-state index contributed by atoms with van der Waals surface area (Å²) in [5.41, 5.74) is 0. The molecular formula is C16H23N7O. The van der Waals surface area contributed by atoms with E-state index in [2.05, 4.69) is 32.2 Å². The first-order valence-electron chi connectivity index (χ1n) is 8.17. The number of imidazole rings is 1. The SMILES string of the molecule is CN(Cc1ncccn1)[C@@H]1CCN(C(=O)NCCn2ccnc2)C1. The van der Waals surface area contributed by atoms with Gasteiger partial charge in [-0.2, -0.15) is 0 Å². The average Bonchev–Trinajstić information content (AvgIpc) is 3.27. The van der Waals surface area contributed by atoms with E-state index in [1.54, 1.807) is 24.9 Å². The lowest BCUT2D eigenvalue weighted by Crippen LogP contribution is -2.42. The van der Waals surface area contributed by atoms with Crippen LogP contribution in [0.2, 0.25) is 0 Å². The summed E-state index contributed by atoms with van der Waals surface area (Å²) < 4.78 is 1.95. The Kier molecular flexibility index (Phi) is 5.37. The number of carbonyl (C=O) groups is 1. The van der Waals surface area contributed by atoms with Crippen LogP contribution in [0.4, 0.5) is 4.79 Å². The highest BCUT2D eigenvalue weighted by Gasteiger charge is 2.28. The Balaban J connectivity index is 1.41. The predicted molar refractivity (Wildman–Crippen MR) is 89.1 cm³/mol. The smallest absolute Gasteiger partial charge is 0.317 e. The lowest BCUT2D eigenvalue weighted by molar-refractivity contribution is 0.196. The molecule has 0 bridgehead atoms. The Labute approximate surface area is 141 Å². The van der Waals surface area contributed by atoms with Crippen LogP contribution < -0.4 is 5.32 Å². The first-order valence-corrected chi connectivity index (χ1v) is 8.17. The maximum atomic E-state index is 12.2. The molecule has 1 aliphatic heterocycles. The van der Waals surface area contributed by atoms with Crippen molar-refractivity contribution in [3.8, 4) is 0 Å². The zero-order chi connectivity index (χ0) is 16.8. The first kappa shape index (κ1) is 16.4. The minimum absolute atomic E-state index is 0.00183. The van der Waals surface area contributed by atoms with E-state index in [9.17, 15) is 4.79 Å². The first-order chi connectivity index (χ1) is 11.7. The second kappa shape index (κ2) is 7.87. The van der Waals surface area contributed by atoms with Gasteiger partial charge < -0.3 is 14.8 Å². The van der Waals surface area contributed by atoms with Crippen LogP contribution in [0.25, 0.3) is 0 Å². The van der Waals surface area contributed by atoms with Gasteiger partial charge in [-0.25, -0.2) is 19.7 Å². The highest BCUT2D eigenvalue weighted by atomic mass is 16.2. The molecule has 1 saturated heterocycles. The highest BCUT2D eigenvalue weighted by Crippen LogP contribution is 2.15. The van der Waals surface area contributed by atoms with Crippen LogP contribution >= 0.6 is 0 Å². The Morgan fingerprint density at radius 1 is 1.38 bits per heavy atom. The Bertz CT molecular complexity index is 631. The summed E-state index contributed by atoms with van der Waals surface area (Å²) in [5, 5.41) is 2.97. The van der Waals surface area contributed by atoms with Crippen LogP contribution in [0.15, 0.2) is 37.2 Å². The molecule has 0 saturated carbocycles. The van der Waals surface area contributed by atoms with Gasteiger partial charge in [0.15, 0.2) is 0 Å². The molecule has 2 amide bonds. The van der Waals surface area contributed by atoms with Crippen LogP contribution in [0, 0.1) is 0 Å². The predicted octanol–water partition coefficient (Wildman–Crippen LogP) is 0.589. The van der Waals surface area contributed by atoms with E-state index in [-0.39, 0.29) is 6.03 Å². The van der Waals surface area contributed by atoms with Gasteiger partial charge in [0.25, 0.3) is 0 Å². The van der Waals surface area contributed by atoms with Crippen LogP contribution in [0.5, 0.6) is 0 Å². The van der Waals surface area contributed by atoms with Crippen molar-refractivity contribution >= 4 is 6.03 Å². The summed E-state index contributed by atoms with van der Waals surface area (Å²) in [4.78, 5) is 28.8. The van der Waals surface area contributed by atoms with Gasteiger partial charge in [0.1, 0.15) is 5.82 Å². The number of rotatable bonds is 6. The van der Waals surface area contributed by atoms with E-state index in [0.717, 1.165) is 31.9 Å². The number of likely N-dealkylation sites (N-methyl/N-ethyl adjacent to an activating group) is 1. The summed E-state index contributed by atoms with van der Waals surface area (Å²) >= 11 is 0. The second-order valence-electron chi connectivity index (χ2n) is 6.00. The van der Waals surface area contributed by atoms with Gasteiger partial charge in [-0.3, -0.25) is 4.90 Å². The summed E-state index contributed by atoms with van der Waals surface area (Å²) in [6.07, 6.45) is 9.85. The fraction of sp³-hybridized carbons (Fsp3) is 0.500. The molecule has 8 nitrogen and oxygen atoms in total. The topological polar surface area (TPSA) is 79.2 Å². The van der Waals surface area contributed by atoms with Crippen molar-refractivity contribution in [2.24, 2.45) is 0 Å². The summed E-state index contributed by atoms with van der Waals surface area (Å²) in [6, 6.07) is 2.16. The standard InChI is InChI=1S/C16H23N7O/c1-21(12-15-18-4-2-5-19-15)14-3-8-23(11-14)16(24)20-7-10-22-9-6-17-13-22/h2,4-6,9,13-14H,3,7-8,10-12H2,1H3,(H,20,24)/t14-/m1/s1. The van der Waals surface area contributed by atoms with E-state index in [0.29, 0.717) is 19.1 Å². The summed E-state index contributed by atoms with van der Waals surface area (Å²) in [5.74, 6) is 0.809. The normalized spacial score (nSPS) is 17.4. The Hall–Kier alpha value is -2.48. The molecule has 1 N–H and O–H groups in total. The third kappa shape index (κ3) is 4.29. The lowest BCUT2D eigenvalue weighted by Gasteiger charge is -2.24. The minimum atomic E-state index is 0.00183. The van der Waals surface area contributed by atoms with Crippen molar-refractivity contribution in [2.45, 2.75) is 25.6 Å². The highest BCUT2D eigenvalue weighted by molar-refractivity contribution is 5.74. The molecule has 128 valence electrons. The number of nitrogens with zero attached hydrogens (tertiary/aromatic N) is 6. The molecule has 0 unspecified atom stereocenters. The molecule has 1 aliphatic rings. The zero-order valence-corrected chi connectivity index (χ0v) is 13.9. The molecule has 1 fully saturated rings. The number of hydrogen-bond donors (Lipinski definition) is 1. The fourth-order valence-electron chi connectivity index (χ4n) is 2.87. The minimum Gasteiger partial charge on any atom is -0.336 e. The van der Waals surface area contributed by atoms with Gasteiger partial charge in [-0.05, 0) is 19.5 Å². The van der Waals surface area contributed by atoms with E-state index >= 15 is 0 Å². The lowest BCUT2D eigenvalue weighted by atomic mass is 10.2.